The molecule has 2 aromatic rings. The zero-order valence-corrected chi connectivity index (χ0v) is 18.7. The molecule has 3 rings (SSSR count). The van der Waals surface area contributed by atoms with E-state index in [2.05, 4.69) is 24.3 Å². The second-order valence-electron chi connectivity index (χ2n) is 7.53. The molecule has 0 unspecified atom stereocenters. The fourth-order valence-electron chi connectivity index (χ4n) is 3.13. The van der Waals surface area contributed by atoms with Gasteiger partial charge in [0.2, 0.25) is 0 Å². The number of carboxylic acids is 1. The van der Waals surface area contributed by atoms with Crippen molar-refractivity contribution in [1.29, 1.82) is 10.8 Å². The summed E-state index contributed by atoms with van der Waals surface area (Å²) in [4.78, 5) is 13.0. The van der Waals surface area contributed by atoms with Gasteiger partial charge in [0.05, 0.1) is 12.4 Å². The average Bonchev–Trinajstić information content (AvgIpc) is 3.51. The number of carbonyl (C=O) groups is 1. The average molecular weight is 414 g/mol. The number of rotatable bonds is 5. The van der Waals surface area contributed by atoms with Crippen molar-refractivity contribution < 1.29 is 9.90 Å². The Kier molecular flexibility index (Phi) is 7.47. The summed E-state index contributed by atoms with van der Waals surface area (Å²) in [7, 11) is 0. The van der Waals surface area contributed by atoms with E-state index in [0.29, 0.717) is 12.5 Å². The van der Waals surface area contributed by atoms with Crippen LogP contribution in [0, 0.1) is 10.8 Å². The number of nitrogens with zero attached hydrogens (tertiary/aromatic N) is 1. The van der Waals surface area contributed by atoms with Gasteiger partial charge in [-0.15, -0.1) is 0 Å². The standard InChI is InChI=1S/C21H25N3O2S.C2H6/c1-13(22)24(20(23)27-21(2,3)19(25)26)12-15-10-11-17(14-8-9-14)18-7-5-4-6-16(15)18;1-2/h4-7,10-11,14,22-23H,8-9,12H2,1-3H3,(H,25,26);1-2H3. The Morgan fingerprint density at radius 2 is 1.72 bits per heavy atom. The molecule has 6 heteroatoms. The highest BCUT2D eigenvalue weighted by atomic mass is 32.2. The SMILES string of the molecule is CC.CC(=N)N(Cc1ccc(C2CC2)c2ccccc12)C(=N)SC(C)(C)C(=O)O. The van der Waals surface area contributed by atoms with Crippen molar-refractivity contribution in [3.05, 3.63) is 47.5 Å². The molecule has 1 aliphatic carbocycles. The Hall–Kier alpha value is -2.34. The first-order valence-electron chi connectivity index (χ1n) is 10.0. The quantitative estimate of drug-likeness (QED) is 0.410. The lowest BCUT2D eigenvalue weighted by Gasteiger charge is -2.28. The lowest BCUT2D eigenvalue weighted by Crippen LogP contribution is -2.37. The van der Waals surface area contributed by atoms with Gasteiger partial charge >= 0.3 is 5.97 Å². The van der Waals surface area contributed by atoms with Gasteiger partial charge in [-0.2, -0.15) is 0 Å². The van der Waals surface area contributed by atoms with Crippen LogP contribution in [0.3, 0.4) is 0 Å². The number of amidine groups is 2. The highest BCUT2D eigenvalue weighted by Gasteiger charge is 2.32. The number of thioether (sulfide) groups is 1. The molecule has 0 radical (unpaired) electrons. The molecule has 0 atom stereocenters. The number of benzene rings is 2. The van der Waals surface area contributed by atoms with Crippen molar-refractivity contribution in [2.45, 2.75) is 64.7 Å². The largest absolute Gasteiger partial charge is 0.480 e. The van der Waals surface area contributed by atoms with Crippen LogP contribution in [0.25, 0.3) is 10.8 Å². The summed E-state index contributed by atoms with van der Waals surface area (Å²) >= 11 is 0.958. The monoisotopic (exact) mass is 413 g/mol. The molecule has 1 aliphatic rings. The topological polar surface area (TPSA) is 88.2 Å². The van der Waals surface area contributed by atoms with E-state index >= 15 is 0 Å². The Morgan fingerprint density at radius 1 is 1.14 bits per heavy atom. The molecule has 0 heterocycles. The van der Waals surface area contributed by atoms with Gasteiger partial charge in [0.25, 0.3) is 0 Å². The Bertz CT molecular complexity index is 919. The van der Waals surface area contributed by atoms with Crippen molar-refractivity contribution >= 4 is 39.5 Å². The van der Waals surface area contributed by atoms with Crippen molar-refractivity contribution in [1.82, 2.24) is 4.90 Å². The van der Waals surface area contributed by atoms with Gasteiger partial charge in [-0.1, -0.05) is 62.0 Å². The molecular weight excluding hydrogens is 382 g/mol. The van der Waals surface area contributed by atoms with E-state index in [1.165, 1.54) is 23.8 Å². The molecule has 0 bridgehead atoms. The fourth-order valence-corrected chi connectivity index (χ4v) is 4.01. The summed E-state index contributed by atoms with van der Waals surface area (Å²) in [6.45, 7) is 9.16. The van der Waals surface area contributed by atoms with Crippen LogP contribution in [-0.4, -0.2) is 31.7 Å². The van der Waals surface area contributed by atoms with Crippen LogP contribution in [0.4, 0.5) is 0 Å². The third-order valence-corrected chi connectivity index (χ3v) is 6.01. The number of carboxylic acid groups (broad SMARTS) is 1. The molecule has 2 aromatic carbocycles. The molecule has 156 valence electrons. The van der Waals surface area contributed by atoms with Crippen LogP contribution in [0.1, 0.15) is 64.5 Å². The van der Waals surface area contributed by atoms with Crippen molar-refractivity contribution in [3.63, 3.8) is 0 Å². The number of hydrogen-bond acceptors (Lipinski definition) is 4. The maximum Gasteiger partial charge on any atom is 0.319 e. The van der Waals surface area contributed by atoms with E-state index in [0.717, 1.165) is 22.7 Å². The van der Waals surface area contributed by atoms with Crippen LogP contribution in [0.2, 0.25) is 0 Å². The summed E-state index contributed by atoms with van der Waals surface area (Å²) in [6, 6.07) is 12.5. The van der Waals surface area contributed by atoms with E-state index in [1.54, 1.807) is 25.7 Å². The first kappa shape index (κ1) is 22.9. The zero-order chi connectivity index (χ0) is 21.8. The minimum Gasteiger partial charge on any atom is -0.480 e. The summed E-state index contributed by atoms with van der Waals surface area (Å²) in [5, 5.41) is 28.3. The minimum atomic E-state index is -1.12. The number of aliphatic carboxylic acids is 1. The Balaban J connectivity index is 0.00000145. The van der Waals surface area contributed by atoms with Gasteiger partial charge < -0.3 is 10.0 Å². The third-order valence-electron chi connectivity index (χ3n) is 4.91. The summed E-state index contributed by atoms with van der Waals surface area (Å²) < 4.78 is -1.12. The summed E-state index contributed by atoms with van der Waals surface area (Å²) in [5.41, 5.74) is 2.42. The first-order valence-corrected chi connectivity index (χ1v) is 10.9. The first-order chi connectivity index (χ1) is 13.7. The molecule has 5 nitrogen and oxygen atoms in total. The van der Waals surface area contributed by atoms with Crippen molar-refractivity contribution in [3.8, 4) is 0 Å². The maximum atomic E-state index is 11.4. The number of hydrogen-bond donors (Lipinski definition) is 3. The van der Waals surface area contributed by atoms with Gasteiger partial charge in [-0.25, -0.2) is 0 Å². The van der Waals surface area contributed by atoms with Crippen molar-refractivity contribution in [2.24, 2.45) is 0 Å². The smallest absolute Gasteiger partial charge is 0.319 e. The second kappa shape index (κ2) is 9.44. The van der Waals surface area contributed by atoms with E-state index in [-0.39, 0.29) is 11.0 Å². The third kappa shape index (κ3) is 5.38. The Labute approximate surface area is 177 Å². The molecule has 0 aliphatic heterocycles. The molecule has 0 aromatic heterocycles. The molecule has 3 N–H and O–H groups in total. The molecular formula is C23H31N3O2S. The minimum absolute atomic E-state index is 0.0743. The predicted octanol–water partition coefficient (Wildman–Crippen LogP) is 6.07. The second-order valence-corrected chi connectivity index (χ2v) is 9.14. The van der Waals surface area contributed by atoms with Gasteiger partial charge in [0, 0.05) is 0 Å². The van der Waals surface area contributed by atoms with E-state index < -0.39 is 10.7 Å². The van der Waals surface area contributed by atoms with Crippen LogP contribution >= 0.6 is 11.8 Å². The van der Waals surface area contributed by atoms with E-state index in [1.807, 2.05) is 26.0 Å². The fraction of sp³-hybridized carbons (Fsp3) is 0.435. The van der Waals surface area contributed by atoms with Crippen LogP contribution in [0.15, 0.2) is 36.4 Å². The van der Waals surface area contributed by atoms with E-state index in [4.69, 9.17) is 10.8 Å². The summed E-state index contributed by atoms with van der Waals surface area (Å²) in [5.74, 6) is -0.0992. The molecule has 1 fully saturated rings. The normalized spacial score (nSPS) is 13.4. The summed E-state index contributed by atoms with van der Waals surface area (Å²) in [6.07, 6.45) is 2.47. The zero-order valence-electron chi connectivity index (χ0n) is 17.9. The molecule has 29 heavy (non-hydrogen) atoms. The van der Waals surface area contributed by atoms with Gasteiger partial charge in [0.1, 0.15) is 4.75 Å². The lowest BCUT2D eigenvalue weighted by molar-refractivity contribution is -0.138. The molecule has 1 saturated carbocycles. The number of fused-ring (bicyclic) bond motifs is 1. The van der Waals surface area contributed by atoms with Crippen molar-refractivity contribution in [2.75, 3.05) is 0 Å². The molecule has 0 amide bonds. The predicted molar refractivity (Wildman–Crippen MR) is 123 cm³/mol. The molecule has 0 spiro atoms. The van der Waals surface area contributed by atoms with Gasteiger partial charge in [0.15, 0.2) is 5.17 Å². The number of nitrogens with one attached hydrogen (secondary N) is 2. The van der Waals surface area contributed by atoms with Crippen LogP contribution in [-0.2, 0) is 11.3 Å². The molecule has 0 saturated heterocycles. The van der Waals surface area contributed by atoms with Gasteiger partial charge in [-0.3, -0.25) is 15.6 Å². The van der Waals surface area contributed by atoms with E-state index in [9.17, 15) is 9.90 Å². The van der Waals surface area contributed by atoms with Gasteiger partial charge in [-0.05, 0) is 61.4 Å². The van der Waals surface area contributed by atoms with Crippen LogP contribution in [0.5, 0.6) is 0 Å². The highest BCUT2D eigenvalue weighted by molar-refractivity contribution is 8.15. The van der Waals surface area contributed by atoms with Crippen LogP contribution < -0.4 is 0 Å². The Morgan fingerprint density at radius 3 is 2.24 bits per heavy atom. The highest BCUT2D eigenvalue weighted by Crippen LogP contribution is 2.43. The lowest BCUT2D eigenvalue weighted by atomic mass is 9.97. The maximum absolute atomic E-state index is 11.4.